The summed E-state index contributed by atoms with van der Waals surface area (Å²) in [6.45, 7) is 0. The molecule has 2 aliphatic rings. The minimum absolute atomic E-state index is 0.114. The number of methoxy groups -OCH3 is 1. The molecule has 0 amide bonds. The van der Waals surface area contributed by atoms with Gasteiger partial charge in [0.15, 0.2) is 0 Å². The van der Waals surface area contributed by atoms with Crippen molar-refractivity contribution in [2.45, 2.75) is 18.7 Å². The monoisotopic (exact) mass is 390 g/mol. The van der Waals surface area contributed by atoms with Crippen LogP contribution in [0, 0.1) is 0 Å². The minimum Gasteiger partial charge on any atom is -0.497 e. The van der Waals surface area contributed by atoms with Crippen LogP contribution in [0.5, 0.6) is 11.5 Å². The van der Waals surface area contributed by atoms with Crippen molar-refractivity contribution >= 4 is 17.3 Å². The number of nitrogens with zero attached hydrogens (tertiary/aromatic N) is 2. The predicted octanol–water partition coefficient (Wildman–Crippen LogP) is 5.59. The van der Waals surface area contributed by atoms with E-state index in [9.17, 15) is 0 Å². The van der Waals surface area contributed by atoms with Crippen molar-refractivity contribution in [3.8, 4) is 11.5 Å². The summed E-state index contributed by atoms with van der Waals surface area (Å²) in [6, 6.07) is 24.1. The Morgan fingerprint density at radius 1 is 1.00 bits per heavy atom. The Labute approximate surface area is 169 Å². The molecule has 0 unspecified atom stereocenters. The Morgan fingerprint density at radius 2 is 1.75 bits per heavy atom. The molecule has 0 spiro atoms. The van der Waals surface area contributed by atoms with Crippen LogP contribution in [0.4, 0.5) is 0 Å². The lowest BCUT2D eigenvalue weighted by Crippen LogP contribution is -2.33. The standard InChI is InChI=1S/C23H19ClN2O2/c1-27-16-12-10-15(11-13-16)23-26-21(18-7-3-5-9-22(18)28-23)14-20(25-26)17-6-2-4-8-19(17)24/h2-13,21,23H,14H2,1H3/t21-,23+/m1/s1. The first-order chi connectivity index (χ1) is 13.7. The Hall–Kier alpha value is -2.98. The highest BCUT2D eigenvalue weighted by atomic mass is 35.5. The van der Waals surface area contributed by atoms with Gasteiger partial charge in [0.2, 0.25) is 6.23 Å². The quantitative estimate of drug-likeness (QED) is 0.584. The highest BCUT2D eigenvalue weighted by Gasteiger charge is 2.41. The van der Waals surface area contributed by atoms with Gasteiger partial charge >= 0.3 is 0 Å². The second kappa shape index (κ2) is 6.88. The van der Waals surface area contributed by atoms with Gasteiger partial charge in [0.25, 0.3) is 0 Å². The molecule has 0 bridgehead atoms. The summed E-state index contributed by atoms with van der Waals surface area (Å²) in [4.78, 5) is 0. The molecule has 140 valence electrons. The van der Waals surface area contributed by atoms with Gasteiger partial charge in [-0.15, -0.1) is 0 Å². The highest BCUT2D eigenvalue weighted by molar-refractivity contribution is 6.34. The van der Waals surface area contributed by atoms with Crippen LogP contribution in [-0.2, 0) is 0 Å². The lowest BCUT2D eigenvalue weighted by atomic mass is 9.96. The molecule has 0 aliphatic carbocycles. The second-order valence-corrected chi connectivity index (χ2v) is 7.31. The molecular formula is C23H19ClN2O2. The molecule has 0 aromatic heterocycles. The molecule has 0 saturated heterocycles. The van der Waals surface area contributed by atoms with Gasteiger partial charge in [-0.3, -0.25) is 0 Å². The third-order valence-electron chi connectivity index (χ3n) is 5.28. The van der Waals surface area contributed by atoms with Crippen molar-refractivity contribution in [3.05, 3.63) is 94.5 Å². The van der Waals surface area contributed by atoms with Crippen molar-refractivity contribution in [1.29, 1.82) is 0 Å². The van der Waals surface area contributed by atoms with Crippen LogP contribution in [0.3, 0.4) is 0 Å². The van der Waals surface area contributed by atoms with E-state index in [1.54, 1.807) is 7.11 Å². The first-order valence-corrected chi connectivity index (χ1v) is 9.62. The number of rotatable bonds is 3. The summed E-state index contributed by atoms with van der Waals surface area (Å²) in [5.41, 5.74) is 4.14. The molecule has 5 rings (SSSR count). The van der Waals surface area contributed by atoms with Crippen molar-refractivity contribution in [2.75, 3.05) is 7.11 Å². The summed E-state index contributed by atoms with van der Waals surface area (Å²) < 4.78 is 11.7. The van der Waals surface area contributed by atoms with Crippen LogP contribution in [0.1, 0.15) is 35.4 Å². The maximum atomic E-state index is 6.44. The average Bonchev–Trinajstić information content (AvgIpc) is 3.19. The van der Waals surface area contributed by atoms with Gasteiger partial charge in [-0.25, -0.2) is 5.01 Å². The van der Waals surface area contributed by atoms with E-state index in [2.05, 4.69) is 11.1 Å². The van der Waals surface area contributed by atoms with E-state index < -0.39 is 0 Å². The van der Waals surface area contributed by atoms with Crippen molar-refractivity contribution < 1.29 is 9.47 Å². The Morgan fingerprint density at radius 3 is 2.54 bits per heavy atom. The molecular weight excluding hydrogens is 372 g/mol. The lowest BCUT2D eigenvalue weighted by molar-refractivity contribution is -0.0190. The molecule has 5 heteroatoms. The van der Waals surface area contributed by atoms with Gasteiger partial charge in [-0.05, 0) is 36.4 Å². The number of para-hydroxylation sites is 1. The number of hydrogen-bond donors (Lipinski definition) is 0. The van der Waals surface area contributed by atoms with Crippen LogP contribution in [-0.4, -0.2) is 17.8 Å². The van der Waals surface area contributed by atoms with Crippen LogP contribution < -0.4 is 9.47 Å². The van der Waals surface area contributed by atoms with Crippen molar-refractivity contribution in [1.82, 2.24) is 5.01 Å². The second-order valence-electron chi connectivity index (χ2n) is 6.91. The topological polar surface area (TPSA) is 34.1 Å². The fourth-order valence-electron chi connectivity index (χ4n) is 3.88. The fraction of sp³-hybridized carbons (Fsp3) is 0.174. The molecule has 3 aromatic carbocycles. The van der Waals surface area contributed by atoms with E-state index in [-0.39, 0.29) is 12.3 Å². The molecule has 0 radical (unpaired) electrons. The SMILES string of the molecule is COc1ccc([C@@H]2Oc3ccccc3[C@H]3CC(c4ccccc4Cl)=NN32)cc1. The maximum absolute atomic E-state index is 6.44. The summed E-state index contributed by atoms with van der Waals surface area (Å²) in [7, 11) is 1.67. The smallest absolute Gasteiger partial charge is 0.213 e. The van der Waals surface area contributed by atoms with Crippen LogP contribution in [0.25, 0.3) is 0 Å². The highest BCUT2D eigenvalue weighted by Crippen LogP contribution is 2.47. The fourth-order valence-corrected chi connectivity index (χ4v) is 4.13. The summed E-state index contributed by atoms with van der Waals surface area (Å²) in [5.74, 6) is 1.72. The largest absolute Gasteiger partial charge is 0.497 e. The minimum atomic E-state index is -0.300. The molecule has 2 atom stereocenters. The third kappa shape index (κ3) is 2.81. The van der Waals surface area contributed by atoms with Gasteiger partial charge in [-0.2, -0.15) is 5.10 Å². The number of benzene rings is 3. The van der Waals surface area contributed by atoms with E-state index >= 15 is 0 Å². The van der Waals surface area contributed by atoms with E-state index in [1.807, 2.05) is 66.7 Å². The summed E-state index contributed by atoms with van der Waals surface area (Å²) in [5, 5.41) is 7.73. The van der Waals surface area contributed by atoms with Crippen LogP contribution >= 0.6 is 11.6 Å². The molecule has 0 saturated carbocycles. The van der Waals surface area contributed by atoms with Gasteiger partial charge in [0, 0.05) is 28.1 Å². The normalized spacial score (nSPS) is 20.1. The zero-order valence-corrected chi connectivity index (χ0v) is 16.1. The van der Waals surface area contributed by atoms with Gasteiger partial charge in [0.05, 0.1) is 18.9 Å². The zero-order valence-electron chi connectivity index (χ0n) is 15.4. The molecule has 2 aliphatic heterocycles. The Kier molecular flexibility index (Phi) is 4.21. The first kappa shape index (κ1) is 17.1. The Bertz CT molecular complexity index is 1050. The third-order valence-corrected chi connectivity index (χ3v) is 5.61. The summed E-state index contributed by atoms with van der Waals surface area (Å²) in [6.07, 6.45) is 0.488. The summed E-state index contributed by atoms with van der Waals surface area (Å²) >= 11 is 6.44. The number of hydrogen-bond acceptors (Lipinski definition) is 4. The van der Waals surface area contributed by atoms with E-state index in [1.165, 1.54) is 0 Å². The first-order valence-electron chi connectivity index (χ1n) is 9.25. The molecule has 2 heterocycles. The van der Waals surface area contributed by atoms with E-state index in [4.69, 9.17) is 26.2 Å². The van der Waals surface area contributed by atoms with Gasteiger partial charge in [-0.1, -0.05) is 48.0 Å². The van der Waals surface area contributed by atoms with Crippen LogP contribution in [0.15, 0.2) is 77.9 Å². The number of hydrazone groups is 1. The molecule has 0 fully saturated rings. The maximum Gasteiger partial charge on any atom is 0.213 e. The number of halogens is 1. The number of fused-ring (bicyclic) bond motifs is 3. The van der Waals surface area contributed by atoms with Gasteiger partial charge in [0.1, 0.15) is 11.5 Å². The molecule has 0 N–H and O–H groups in total. The molecule has 3 aromatic rings. The zero-order chi connectivity index (χ0) is 19.1. The average molecular weight is 391 g/mol. The van der Waals surface area contributed by atoms with Crippen molar-refractivity contribution in [2.24, 2.45) is 5.10 Å². The Balaban J connectivity index is 1.59. The molecule has 28 heavy (non-hydrogen) atoms. The lowest BCUT2D eigenvalue weighted by Gasteiger charge is -2.38. The predicted molar refractivity (Wildman–Crippen MR) is 110 cm³/mol. The molecule has 4 nitrogen and oxygen atoms in total. The number of ether oxygens (including phenoxy) is 2. The van der Waals surface area contributed by atoms with Crippen molar-refractivity contribution in [3.63, 3.8) is 0 Å². The van der Waals surface area contributed by atoms with E-state index in [0.717, 1.165) is 45.3 Å². The van der Waals surface area contributed by atoms with E-state index in [0.29, 0.717) is 0 Å². The van der Waals surface area contributed by atoms with Gasteiger partial charge < -0.3 is 9.47 Å². The van der Waals surface area contributed by atoms with Crippen LogP contribution in [0.2, 0.25) is 5.02 Å².